The van der Waals surface area contributed by atoms with Gasteiger partial charge in [0.15, 0.2) is 0 Å². The number of aliphatic imine (C=N–C) groups is 1. The highest BCUT2D eigenvalue weighted by Gasteiger charge is 1.98. The number of hydrogen-bond acceptors (Lipinski definition) is 2. The van der Waals surface area contributed by atoms with Gasteiger partial charge in [0.2, 0.25) is 0 Å². The smallest absolute Gasteiger partial charge is 0.350 e. The number of carbonyl (C=O) groups excluding carboxylic acids is 2. The molecule has 0 radical (unpaired) electrons. The summed E-state index contributed by atoms with van der Waals surface area (Å²) in [5, 5.41) is 1.77. The van der Waals surface area contributed by atoms with Crippen LogP contribution in [-0.2, 0) is 0 Å². The fraction of sp³-hybridized carbons (Fsp3) is 0.400. The van der Waals surface area contributed by atoms with Crippen molar-refractivity contribution < 1.29 is 9.59 Å². The standard InChI is InChI=1S/C5H10N4O2/c1-9(2)3-7-5(11)8-4(6)10/h3H,1-2H3,(H3,6,8,10,11). The van der Waals surface area contributed by atoms with Gasteiger partial charge in [0.05, 0.1) is 6.34 Å². The number of urea groups is 2. The van der Waals surface area contributed by atoms with Crippen molar-refractivity contribution in [3.05, 3.63) is 0 Å². The number of nitrogens with zero attached hydrogens (tertiary/aromatic N) is 2. The lowest BCUT2D eigenvalue weighted by Gasteiger charge is -2.00. The fourth-order valence-corrected chi connectivity index (χ4v) is 0.306. The molecule has 0 saturated carbocycles. The Morgan fingerprint density at radius 3 is 2.45 bits per heavy atom. The highest BCUT2D eigenvalue weighted by molar-refractivity contribution is 5.95. The van der Waals surface area contributed by atoms with Crippen LogP contribution in [0.5, 0.6) is 0 Å². The number of imide groups is 1. The summed E-state index contributed by atoms with van der Waals surface area (Å²) < 4.78 is 0. The quantitative estimate of drug-likeness (QED) is 0.393. The Labute approximate surface area is 64.1 Å². The summed E-state index contributed by atoms with van der Waals surface area (Å²) in [6.45, 7) is 0. The Bertz CT molecular complexity index is 187. The molecule has 0 aliphatic carbocycles. The minimum absolute atomic E-state index is 0.772. The monoisotopic (exact) mass is 158 g/mol. The molecule has 0 aromatic rings. The summed E-state index contributed by atoms with van der Waals surface area (Å²) in [6.07, 6.45) is 1.26. The van der Waals surface area contributed by atoms with E-state index < -0.39 is 12.1 Å². The van der Waals surface area contributed by atoms with Crippen LogP contribution >= 0.6 is 0 Å². The first kappa shape index (κ1) is 9.41. The summed E-state index contributed by atoms with van der Waals surface area (Å²) in [5.41, 5.74) is 4.64. The van der Waals surface area contributed by atoms with Crippen LogP contribution in [0.4, 0.5) is 9.59 Å². The molecular weight excluding hydrogens is 148 g/mol. The first-order valence-corrected chi connectivity index (χ1v) is 2.83. The molecule has 62 valence electrons. The number of amides is 4. The lowest BCUT2D eigenvalue weighted by atomic mass is 10.9. The van der Waals surface area contributed by atoms with E-state index in [0.29, 0.717) is 0 Å². The molecule has 4 amide bonds. The average molecular weight is 158 g/mol. The van der Waals surface area contributed by atoms with E-state index in [0.717, 1.165) is 0 Å². The molecule has 0 rings (SSSR count). The maximum atomic E-state index is 10.5. The van der Waals surface area contributed by atoms with Gasteiger partial charge in [-0.1, -0.05) is 0 Å². The Morgan fingerprint density at radius 2 is 2.09 bits per heavy atom. The van der Waals surface area contributed by atoms with Gasteiger partial charge < -0.3 is 10.6 Å². The number of nitrogens with two attached hydrogens (primary N) is 1. The maximum Gasteiger partial charge on any atom is 0.350 e. The second-order valence-corrected chi connectivity index (χ2v) is 2.00. The SMILES string of the molecule is CN(C)C=NC(=O)NC(N)=O. The molecular formula is C5H10N4O2. The van der Waals surface area contributed by atoms with Gasteiger partial charge in [-0.15, -0.1) is 0 Å². The van der Waals surface area contributed by atoms with Gasteiger partial charge in [0, 0.05) is 14.1 Å². The zero-order valence-electron chi connectivity index (χ0n) is 6.37. The molecule has 0 heterocycles. The topological polar surface area (TPSA) is 87.8 Å². The average Bonchev–Trinajstić information content (AvgIpc) is 1.82. The fourth-order valence-electron chi connectivity index (χ4n) is 0.306. The minimum atomic E-state index is -0.911. The van der Waals surface area contributed by atoms with Gasteiger partial charge in [0.25, 0.3) is 0 Å². The third kappa shape index (κ3) is 6.29. The predicted molar refractivity (Wildman–Crippen MR) is 40.3 cm³/mol. The summed E-state index contributed by atoms with van der Waals surface area (Å²) in [7, 11) is 3.39. The van der Waals surface area contributed by atoms with Gasteiger partial charge in [-0.25, -0.2) is 9.59 Å². The normalized spacial score (nSPS) is 9.64. The van der Waals surface area contributed by atoms with E-state index >= 15 is 0 Å². The largest absolute Gasteiger partial charge is 0.369 e. The van der Waals surface area contributed by atoms with Crippen LogP contribution in [0.1, 0.15) is 0 Å². The molecule has 0 spiro atoms. The van der Waals surface area contributed by atoms with Crippen LogP contribution in [0.25, 0.3) is 0 Å². The van der Waals surface area contributed by atoms with Crippen molar-refractivity contribution in [3.8, 4) is 0 Å². The molecule has 0 aliphatic heterocycles. The minimum Gasteiger partial charge on any atom is -0.369 e. The molecule has 0 unspecified atom stereocenters. The highest BCUT2D eigenvalue weighted by Crippen LogP contribution is 1.72. The molecule has 0 aliphatic rings. The van der Waals surface area contributed by atoms with Gasteiger partial charge in [0.1, 0.15) is 0 Å². The van der Waals surface area contributed by atoms with Crippen LogP contribution < -0.4 is 11.1 Å². The molecule has 3 N–H and O–H groups in total. The lowest BCUT2D eigenvalue weighted by molar-refractivity contribution is 0.236. The maximum absolute atomic E-state index is 10.5. The zero-order chi connectivity index (χ0) is 8.85. The third-order valence-corrected chi connectivity index (χ3v) is 0.636. The van der Waals surface area contributed by atoms with Crippen molar-refractivity contribution in [2.75, 3.05) is 14.1 Å². The van der Waals surface area contributed by atoms with Crippen LogP contribution in [0.2, 0.25) is 0 Å². The van der Waals surface area contributed by atoms with Crippen molar-refractivity contribution in [1.29, 1.82) is 0 Å². The second-order valence-electron chi connectivity index (χ2n) is 2.00. The number of hydrogen-bond donors (Lipinski definition) is 2. The van der Waals surface area contributed by atoms with Crippen molar-refractivity contribution in [1.82, 2.24) is 10.2 Å². The van der Waals surface area contributed by atoms with E-state index in [1.165, 1.54) is 6.34 Å². The zero-order valence-corrected chi connectivity index (χ0v) is 6.37. The molecule has 0 fully saturated rings. The second kappa shape index (κ2) is 4.26. The molecule has 0 bridgehead atoms. The Hall–Kier alpha value is -1.59. The predicted octanol–water partition coefficient (Wildman–Crippen LogP) is -0.635. The van der Waals surface area contributed by atoms with E-state index in [-0.39, 0.29) is 0 Å². The van der Waals surface area contributed by atoms with Crippen LogP contribution in [-0.4, -0.2) is 37.4 Å². The van der Waals surface area contributed by atoms with E-state index in [9.17, 15) is 9.59 Å². The summed E-state index contributed by atoms with van der Waals surface area (Å²) in [4.78, 5) is 25.4. The summed E-state index contributed by atoms with van der Waals surface area (Å²) in [5.74, 6) is 0. The molecule has 0 saturated heterocycles. The highest BCUT2D eigenvalue weighted by atomic mass is 16.2. The van der Waals surface area contributed by atoms with Crippen LogP contribution in [0.15, 0.2) is 4.99 Å². The Kier molecular flexibility index (Phi) is 3.65. The first-order chi connectivity index (χ1) is 5.02. The van der Waals surface area contributed by atoms with E-state index in [4.69, 9.17) is 0 Å². The first-order valence-electron chi connectivity index (χ1n) is 2.83. The number of rotatable bonds is 1. The Balaban J connectivity index is 3.78. The molecule has 0 aromatic carbocycles. The number of carbonyl (C=O) groups is 2. The van der Waals surface area contributed by atoms with Gasteiger partial charge in [-0.05, 0) is 0 Å². The van der Waals surface area contributed by atoms with Gasteiger partial charge in [-0.3, -0.25) is 5.32 Å². The Morgan fingerprint density at radius 1 is 1.55 bits per heavy atom. The third-order valence-electron chi connectivity index (χ3n) is 0.636. The van der Waals surface area contributed by atoms with Gasteiger partial charge in [-0.2, -0.15) is 4.99 Å². The van der Waals surface area contributed by atoms with Crippen molar-refractivity contribution in [3.63, 3.8) is 0 Å². The van der Waals surface area contributed by atoms with E-state index in [1.807, 2.05) is 0 Å². The molecule has 11 heavy (non-hydrogen) atoms. The van der Waals surface area contributed by atoms with Crippen molar-refractivity contribution in [2.24, 2.45) is 10.7 Å². The van der Waals surface area contributed by atoms with Crippen LogP contribution in [0.3, 0.4) is 0 Å². The van der Waals surface area contributed by atoms with Crippen molar-refractivity contribution >= 4 is 18.4 Å². The summed E-state index contributed by atoms with van der Waals surface area (Å²) >= 11 is 0. The molecule has 6 heteroatoms. The van der Waals surface area contributed by atoms with Crippen molar-refractivity contribution in [2.45, 2.75) is 0 Å². The molecule has 6 nitrogen and oxygen atoms in total. The van der Waals surface area contributed by atoms with E-state index in [2.05, 4.69) is 10.7 Å². The van der Waals surface area contributed by atoms with Gasteiger partial charge >= 0.3 is 12.1 Å². The number of primary amides is 1. The summed E-state index contributed by atoms with van der Waals surface area (Å²) in [6, 6.07) is -1.68. The molecule has 0 aromatic heterocycles. The van der Waals surface area contributed by atoms with E-state index in [1.54, 1.807) is 24.3 Å². The van der Waals surface area contributed by atoms with Crippen LogP contribution in [0, 0.1) is 0 Å². The molecule has 0 atom stereocenters. The number of nitrogens with one attached hydrogen (secondary N) is 1. The lowest BCUT2D eigenvalue weighted by Crippen LogP contribution is -2.33.